The maximum Gasteiger partial charge on any atom is 0.231 e. The molecule has 0 aromatic rings. The van der Waals surface area contributed by atoms with Crippen molar-refractivity contribution in [2.45, 2.75) is 77.8 Å². The van der Waals surface area contributed by atoms with E-state index in [1.807, 2.05) is 6.92 Å². The van der Waals surface area contributed by atoms with Crippen molar-refractivity contribution in [3.63, 3.8) is 0 Å². The second-order valence-electron chi connectivity index (χ2n) is 8.34. The molecule has 2 nitrogen and oxygen atoms in total. The zero-order valence-corrected chi connectivity index (χ0v) is 13.5. The topological polar surface area (TPSA) is 18.5 Å². The summed E-state index contributed by atoms with van der Waals surface area (Å²) in [5.74, 6) is 4.19. The molecule has 1 saturated heterocycles. The Balaban J connectivity index is 1.96. The van der Waals surface area contributed by atoms with E-state index in [2.05, 4.69) is 33.6 Å². The predicted octanol–water partition coefficient (Wildman–Crippen LogP) is 3.99. The fourth-order valence-corrected chi connectivity index (χ4v) is 5.36. The summed E-state index contributed by atoms with van der Waals surface area (Å²) in [7, 11) is 0. The molecule has 112 valence electrons. The quantitative estimate of drug-likeness (QED) is 0.623. The molecular formula is C18H28O2. The summed E-state index contributed by atoms with van der Waals surface area (Å²) in [6.45, 7) is 11.3. The molecule has 3 rings (SSSR count). The summed E-state index contributed by atoms with van der Waals surface area (Å²) in [5, 5.41) is 0. The first-order valence-corrected chi connectivity index (χ1v) is 8.05. The molecule has 3 fully saturated rings. The van der Waals surface area contributed by atoms with E-state index in [-0.39, 0.29) is 11.7 Å². The Morgan fingerprint density at radius 1 is 1.15 bits per heavy atom. The molecular weight excluding hydrogens is 248 g/mol. The van der Waals surface area contributed by atoms with Gasteiger partial charge >= 0.3 is 0 Å². The van der Waals surface area contributed by atoms with Crippen LogP contribution in [-0.4, -0.2) is 17.5 Å². The number of fused-ring (bicyclic) bond motifs is 2. The number of terminal acetylenes is 1. The first-order valence-electron chi connectivity index (χ1n) is 8.05. The fourth-order valence-electron chi connectivity index (χ4n) is 5.36. The third kappa shape index (κ3) is 2.02. The highest BCUT2D eigenvalue weighted by Gasteiger charge is 2.59. The monoisotopic (exact) mass is 276 g/mol. The highest BCUT2D eigenvalue weighted by atomic mass is 16.8. The largest absolute Gasteiger partial charge is 0.333 e. The molecule has 0 aromatic carbocycles. The van der Waals surface area contributed by atoms with E-state index in [0.717, 1.165) is 30.6 Å². The molecule has 0 spiro atoms. The zero-order chi connectivity index (χ0) is 14.8. The summed E-state index contributed by atoms with van der Waals surface area (Å²) in [6.07, 6.45) is 10.6. The Bertz CT molecular complexity index is 449. The molecule has 6 atom stereocenters. The molecule has 2 heteroatoms. The van der Waals surface area contributed by atoms with Gasteiger partial charge in [-0.05, 0) is 55.3 Å². The number of ether oxygens (including phenoxy) is 2. The van der Waals surface area contributed by atoms with Crippen LogP contribution in [0.25, 0.3) is 0 Å². The van der Waals surface area contributed by atoms with Gasteiger partial charge < -0.3 is 9.47 Å². The fraction of sp³-hybridized carbons (Fsp3) is 0.889. The molecule has 0 amide bonds. The third-order valence-corrected chi connectivity index (χ3v) is 6.22. The molecule has 0 aromatic heterocycles. The number of rotatable bonds is 0. The summed E-state index contributed by atoms with van der Waals surface area (Å²) >= 11 is 0. The average molecular weight is 276 g/mol. The van der Waals surface area contributed by atoms with E-state index >= 15 is 0 Å². The highest BCUT2D eigenvalue weighted by molar-refractivity contribution is 5.11. The van der Waals surface area contributed by atoms with Crippen LogP contribution in [0.3, 0.4) is 0 Å². The van der Waals surface area contributed by atoms with Gasteiger partial charge in [0.2, 0.25) is 5.79 Å². The zero-order valence-electron chi connectivity index (χ0n) is 13.5. The maximum atomic E-state index is 6.25. The van der Waals surface area contributed by atoms with E-state index in [1.165, 1.54) is 12.8 Å². The minimum atomic E-state index is -0.843. The minimum Gasteiger partial charge on any atom is -0.333 e. The smallest absolute Gasteiger partial charge is 0.231 e. The first-order chi connectivity index (χ1) is 9.19. The van der Waals surface area contributed by atoms with Crippen LogP contribution in [0.2, 0.25) is 0 Å². The lowest BCUT2D eigenvalue weighted by Crippen LogP contribution is -2.40. The second kappa shape index (κ2) is 4.24. The highest BCUT2D eigenvalue weighted by Crippen LogP contribution is 2.58. The van der Waals surface area contributed by atoms with Gasteiger partial charge in [0.15, 0.2) is 0 Å². The molecule has 2 saturated carbocycles. The van der Waals surface area contributed by atoms with E-state index < -0.39 is 5.79 Å². The second-order valence-corrected chi connectivity index (χ2v) is 8.34. The molecule has 2 aliphatic carbocycles. The summed E-state index contributed by atoms with van der Waals surface area (Å²) in [6, 6.07) is 0. The van der Waals surface area contributed by atoms with Gasteiger partial charge in [0.05, 0.1) is 11.7 Å². The van der Waals surface area contributed by atoms with Crippen molar-refractivity contribution in [3.05, 3.63) is 0 Å². The van der Waals surface area contributed by atoms with E-state index in [1.54, 1.807) is 0 Å². The van der Waals surface area contributed by atoms with Crippen molar-refractivity contribution in [1.82, 2.24) is 0 Å². The predicted molar refractivity (Wildman–Crippen MR) is 80.0 cm³/mol. The Morgan fingerprint density at radius 3 is 2.50 bits per heavy atom. The van der Waals surface area contributed by atoms with Gasteiger partial charge in [-0.25, -0.2) is 0 Å². The number of hydrogen-bond acceptors (Lipinski definition) is 2. The lowest BCUT2D eigenvalue weighted by atomic mass is 9.69. The molecule has 0 bridgehead atoms. The van der Waals surface area contributed by atoms with Gasteiger partial charge in [-0.1, -0.05) is 27.2 Å². The molecule has 1 unspecified atom stereocenters. The van der Waals surface area contributed by atoms with E-state index in [9.17, 15) is 0 Å². The Morgan fingerprint density at radius 2 is 1.85 bits per heavy atom. The van der Waals surface area contributed by atoms with Crippen LogP contribution in [0, 0.1) is 35.5 Å². The van der Waals surface area contributed by atoms with Crippen molar-refractivity contribution in [1.29, 1.82) is 0 Å². The van der Waals surface area contributed by atoms with Crippen LogP contribution in [0.4, 0.5) is 0 Å². The van der Waals surface area contributed by atoms with Crippen molar-refractivity contribution in [2.75, 3.05) is 0 Å². The van der Waals surface area contributed by atoms with Crippen molar-refractivity contribution < 1.29 is 9.47 Å². The van der Waals surface area contributed by atoms with Crippen LogP contribution >= 0.6 is 0 Å². The van der Waals surface area contributed by atoms with Gasteiger partial charge in [0, 0.05) is 6.92 Å². The number of hydrogen-bond donors (Lipinski definition) is 0. The van der Waals surface area contributed by atoms with E-state index in [4.69, 9.17) is 15.9 Å². The molecule has 0 radical (unpaired) electrons. The average Bonchev–Trinajstić information content (AvgIpc) is 2.77. The van der Waals surface area contributed by atoms with Crippen LogP contribution in [0.15, 0.2) is 0 Å². The molecule has 1 aliphatic heterocycles. The van der Waals surface area contributed by atoms with Crippen LogP contribution < -0.4 is 0 Å². The molecule has 20 heavy (non-hydrogen) atoms. The van der Waals surface area contributed by atoms with Crippen molar-refractivity contribution in [2.24, 2.45) is 23.2 Å². The van der Waals surface area contributed by atoms with Crippen molar-refractivity contribution >= 4 is 0 Å². The Hall–Kier alpha value is -0.520. The molecule has 0 N–H and O–H groups in total. The van der Waals surface area contributed by atoms with E-state index in [0.29, 0.717) is 5.41 Å². The lowest BCUT2D eigenvalue weighted by molar-refractivity contribution is -0.141. The van der Waals surface area contributed by atoms with Gasteiger partial charge in [0.25, 0.3) is 0 Å². The lowest BCUT2D eigenvalue weighted by Gasteiger charge is -2.38. The molecule has 1 heterocycles. The van der Waals surface area contributed by atoms with Gasteiger partial charge in [0.1, 0.15) is 0 Å². The SMILES string of the molecule is C#C[C@]1(C)O[C@H]2CC3[C@H](C)CC[C@H]3C(C)(C)C[C@@]2(C)O1. The summed E-state index contributed by atoms with van der Waals surface area (Å²) in [4.78, 5) is 0. The van der Waals surface area contributed by atoms with Gasteiger partial charge in [-0.15, -0.1) is 6.42 Å². The standard InChI is InChI=1S/C18H28O2/c1-7-18(6)19-15-10-13-12(2)8-9-14(13)16(3,4)11-17(15,5)20-18/h1,12-15H,8-11H2,2-6H3/t12-,13?,14-,15+,17-,18-/m1/s1. The van der Waals surface area contributed by atoms with Crippen LogP contribution in [0.1, 0.15) is 60.3 Å². The van der Waals surface area contributed by atoms with Gasteiger partial charge in [-0.2, -0.15) is 0 Å². The molecule has 3 aliphatic rings. The normalized spacial score (nSPS) is 53.8. The summed E-state index contributed by atoms with van der Waals surface area (Å²) in [5.41, 5.74) is 0.0524. The van der Waals surface area contributed by atoms with Gasteiger partial charge in [-0.3, -0.25) is 0 Å². The summed E-state index contributed by atoms with van der Waals surface area (Å²) < 4.78 is 12.4. The minimum absolute atomic E-state index is 0.137. The third-order valence-electron chi connectivity index (χ3n) is 6.22. The van der Waals surface area contributed by atoms with Crippen molar-refractivity contribution in [3.8, 4) is 12.3 Å². The Labute approximate surface area is 123 Å². The van der Waals surface area contributed by atoms with Crippen LogP contribution in [0.5, 0.6) is 0 Å². The Kier molecular flexibility index (Phi) is 3.06. The maximum absolute atomic E-state index is 6.25. The first kappa shape index (κ1) is 14.4. The van der Waals surface area contributed by atoms with Crippen LogP contribution in [-0.2, 0) is 9.47 Å².